The number of methoxy groups -OCH3 is 1. The number of carboxylic acids is 1. The van der Waals surface area contributed by atoms with E-state index in [-0.39, 0.29) is 12.6 Å². The van der Waals surface area contributed by atoms with Crippen LogP contribution < -0.4 is 10.6 Å². The van der Waals surface area contributed by atoms with Crippen LogP contribution in [0.4, 0.5) is 0 Å². The number of unbranched alkanes of at least 4 members (excludes halogenated alkanes) is 5. The SMILES string of the molecule is COC(=O)CCCCCCCCO[C@@H]1O[C@H](CO)[C@@H](O)[C@H](O[C@@H]2O[C@H](CO)[C@H](O)[C@H](O[C@]3(C(=O)O)C[C@H](O)[C@@H](NC(C)=O)[C@H]([C@H](O)[C@H](O)CO)O3)[C@H]2O)[C@H]1NC(C)=O. The van der Waals surface area contributed by atoms with Gasteiger partial charge in [0.15, 0.2) is 12.6 Å². The van der Waals surface area contributed by atoms with Crippen LogP contribution in [0.15, 0.2) is 0 Å². The van der Waals surface area contributed by atoms with Gasteiger partial charge in [-0.15, -0.1) is 0 Å². The summed E-state index contributed by atoms with van der Waals surface area (Å²) in [7, 11) is 1.33. The second-order valence-corrected chi connectivity index (χ2v) is 14.5. The van der Waals surface area contributed by atoms with Crippen molar-refractivity contribution in [2.24, 2.45) is 0 Å². The molecule has 336 valence electrons. The average Bonchev–Trinajstić information content (AvgIpc) is 3.18. The number of aliphatic carboxylic acids is 1. The molecule has 0 aliphatic carbocycles. The van der Waals surface area contributed by atoms with E-state index < -0.39 is 142 Å². The zero-order chi connectivity index (χ0) is 43.3. The minimum Gasteiger partial charge on any atom is -0.477 e. The molecule has 3 aliphatic rings. The fraction of sp³-hybridized carbons (Fsp3) is 0.886. The lowest BCUT2D eigenvalue weighted by Crippen LogP contribution is -2.71. The summed E-state index contributed by atoms with van der Waals surface area (Å²) in [5.41, 5.74) is 0. The van der Waals surface area contributed by atoms with E-state index in [1.54, 1.807) is 0 Å². The molecule has 0 spiro atoms. The van der Waals surface area contributed by atoms with Crippen molar-refractivity contribution in [2.75, 3.05) is 33.5 Å². The number of hydrogen-bond donors (Lipinski definition) is 12. The van der Waals surface area contributed by atoms with Gasteiger partial charge >= 0.3 is 11.9 Å². The number of aliphatic hydroxyl groups excluding tert-OH is 9. The number of carboxylic acid groups (broad SMARTS) is 1. The molecule has 2 amide bonds. The van der Waals surface area contributed by atoms with E-state index in [1.807, 2.05) is 0 Å². The van der Waals surface area contributed by atoms with Gasteiger partial charge in [-0.25, -0.2) is 4.79 Å². The lowest BCUT2D eigenvalue weighted by atomic mass is 9.88. The molecule has 3 rings (SSSR count). The van der Waals surface area contributed by atoms with E-state index in [9.17, 15) is 70.2 Å². The molecule has 3 fully saturated rings. The van der Waals surface area contributed by atoms with E-state index in [1.165, 1.54) is 7.11 Å². The molecule has 16 atom stereocenters. The van der Waals surface area contributed by atoms with Crippen LogP contribution in [0.25, 0.3) is 0 Å². The maximum atomic E-state index is 12.9. The molecule has 3 saturated heterocycles. The smallest absolute Gasteiger partial charge is 0.364 e. The van der Waals surface area contributed by atoms with Gasteiger partial charge in [-0.05, 0) is 12.8 Å². The lowest BCUT2D eigenvalue weighted by Gasteiger charge is -2.51. The Hall–Kier alpha value is -2.72. The normalized spacial score (nSPS) is 36.4. The maximum Gasteiger partial charge on any atom is 0.364 e. The van der Waals surface area contributed by atoms with Gasteiger partial charge in [-0.1, -0.05) is 25.7 Å². The lowest BCUT2D eigenvalue weighted by molar-refractivity contribution is -0.381. The highest BCUT2D eigenvalue weighted by molar-refractivity contribution is 5.76. The fourth-order valence-electron chi connectivity index (χ4n) is 7.07. The molecule has 0 unspecified atom stereocenters. The third-order valence-electron chi connectivity index (χ3n) is 10.1. The van der Waals surface area contributed by atoms with Crippen molar-refractivity contribution in [3.05, 3.63) is 0 Å². The Kier molecular flexibility index (Phi) is 20.0. The first-order valence-corrected chi connectivity index (χ1v) is 19.1. The molecule has 0 aromatic carbocycles. The Morgan fingerprint density at radius 2 is 1.33 bits per heavy atom. The van der Waals surface area contributed by atoms with Crippen molar-refractivity contribution in [3.8, 4) is 0 Å². The number of rotatable bonds is 22. The molecule has 0 bridgehead atoms. The predicted molar refractivity (Wildman–Crippen MR) is 190 cm³/mol. The summed E-state index contributed by atoms with van der Waals surface area (Å²) in [6, 6.07) is -2.90. The van der Waals surface area contributed by atoms with Gasteiger partial charge < -0.3 is 94.9 Å². The summed E-state index contributed by atoms with van der Waals surface area (Å²) in [4.78, 5) is 48.4. The quantitative estimate of drug-likeness (QED) is 0.0358. The number of nitrogens with one attached hydrogen (secondary N) is 2. The van der Waals surface area contributed by atoms with Gasteiger partial charge in [0.2, 0.25) is 11.8 Å². The molecule has 0 saturated carbocycles. The molecule has 3 aliphatic heterocycles. The Morgan fingerprint density at radius 3 is 1.88 bits per heavy atom. The van der Waals surface area contributed by atoms with Gasteiger partial charge in [0.05, 0.1) is 39.1 Å². The van der Waals surface area contributed by atoms with Crippen molar-refractivity contribution in [1.82, 2.24) is 10.6 Å². The molecular formula is C35H60N2O21. The number of esters is 1. The van der Waals surface area contributed by atoms with Gasteiger partial charge in [-0.3, -0.25) is 14.4 Å². The van der Waals surface area contributed by atoms with E-state index in [0.29, 0.717) is 19.3 Å². The van der Waals surface area contributed by atoms with E-state index in [2.05, 4.69) is 15.4 Å². The van der Waals surface area contributed by atoms with Crippen LogP contribution in [0, 0.1) is 0 Å². The van der Waals surface area contributed by atoms with Crippen LogP contribution in [-0.4, -0.2) is 206 Å². The topological polar surface area (TPSA) is 359 Å². The summed E-state index contributed by atoms with van der Waals surface area (Å²) in [6.07, 6.45) is -20.3. The van der Waals surface area contributed by atoms with Gasteiger partial charge in [0.1, 0.15) is 67.1 Å². The summed E-state index contributed by atoms with van der Waals surface area (Å²) >= 11 is 0. The molecule has 12 N–H and O–H groups in total. The molecule has 3 heterocycles. The second kappa shape index (κ2) is 23.3. The molecule has 0 radical (unpaired) electrons. The van der Waals surface area contributed by atoms with Gasteiger partial charge in [-0.2, -0.15) is 0 Å². The number of amides is 2. The van der Waals surface area contributed by atoms with Crippen LogP contribution in [-0.2, 0) is 52.3 Å². The number of carbonyl (C=O) groups is 4. The fourth-order valence-corrected chi connectivity index (χ4v) is 7.07. The van der Waals surface area contributed by atoms with Crippen LogP contribution in [0.1, 0.15) is 65.2 Å². The van der Waals surface area contributed by atoms with Crippen LogP contribution in [0.5, 0.6) is 0 Å². The Labute approximate surface area is 334 Å². The highest BCUT2D eigenvalue weighted by Crippen LogP contribution is 2.38. The number of carbonyl (C=O) groups excluding carboxylic acids is 3. The molecular weight excluding hydrogens is 784 g/mol. The number of ether oxygens (including phenoxy) is 7. The first-order valence-electron chi connectivity index (χ1n) is 19.1. The number of aliphatic hydroxyl groups is 9. The largest absolute Gasteiger partial charge is 0.477 e. The Balaban J connectivity index is 1.84. The first kappa shape index (κ1) is 49.6. The highest BCUT2D eigenvalue weighted by Gasteiger charge is 2.60. The maximum absolute atomic E-state index is 12.9. The van der Waals surface area contributed by atoms with E-state index in [4.69, 9.17) is 28.4 Å². The Bertz CT molecular complexity index is 1310. The molecule has 58 heavy (non-hydrogen) atoms. The first-order chi connectivity index (χ1) is 27.4. The minimum absolute atomic E-state index is 0.0953. The second-order valence-electron chi connectivity index (χ2n) is 14.5. The Morgan fingerprint density at radius 1 is 0.776 bits per heavy atom. The predicted octanol–water partition coefficient (Wildman–Crippen LogP) is -5.15. The van der Waals surface area contributed by atoms with Crippen molar-refractivity contribution >= 4 is 23.8 Å². The third kappa shape index (κ3) is 12.9. The summed E-state index contributed by atoms with van der Waals surface area (Å²) < 4.78 is 39.3. The molecule has 23 heteroatoms. The van der Waals surface area contributed by atoms with Crippen molar-refractivity contribution in [2.45, 2.75) is 163 Å². The standard InChI is InChI=1S/C35H60N2O21/c1-16(41)36-23-18(43)12-35(34(50)51,57-30(23)25(46)19(44)13-38)58-31-27(48)21(15-40)55-33(28(31)49)56-29-24(37-17(2)42)32(54-20(14-39)26(29)47)53-11-9-7-5-4-6-8-10-22(45)52-3/h18-21,23-33,38-40,43-44,46-49H,4-15H2,1-3H3,(H,36,41)(H,37,42)(H,50,51)/t18-,19+,20+,21+,23+,24+,25+,26+,27-,28+,29+,30+,31-,32+,33-,35-/m0/s1. The van der Waals surface area contributed by atoms with E-state index >= 15 is 0 Å². The summed E-state index contributed by atoms with van der Waals surface area (Å²) in [6.45, 7) is -0.513. The highest BCUT2D eigenvalue weighted by atomic mass is 16.8. The summed E-state index contributed by atoms with van der Waals surface area (Å²) in [5.74, 6) is -6.69. The zero-order valence-corrected chi connectivity index (χ0v) is 32.6. The van der Waals surface area contributed by atoms with Crippen molar-refractivity contribution < 1.29 is 103 Å². The number of hydrogen-bond acceptors (Lipinski definition) is 20. The minimum atomic E-state index is -3.05. The monoisotopic (exact) mass is 844 g/mol. The van der Waals surface area contributed by atoms with Gasteiger partial charge in [0, 0.05) is 33.3 Å². The van der Waals surface area contributed by atoms with Crippen molar-refractivity contribution in [1.29, 1.82) is 0 Å². The zero-order valence-electron chi connectivity index (χ0n) is 32.6. The van der Waals surface area contributed by atoms with Gasteiger partial charge in [0.25, 0.3) is 5.79 Å². The molecule has 23 nitrogen and oxygen atoms in total. The van der Waals surface area contributed by atoms with E-state index in [0.717, 1.165) is 39.5 Å². The molecule has 0 aromatic heterocycles. The molecule has 0 aromatic rings. The third-order valence-corrected chi connectivity index (χ3v) is 10.1. The average molecular weight is 845 g/mol. The van der Waals surface area contributed by atoms with Crippen LogP contribution in [0.3, 0.4) is 0 Å². The summed E-state index contributed by atoms with van der Waals surface area (Å²) in [5, 5.41) is 111. The van der Waals surface area contributed by atoms with Crippen LogP contribution >= 0.6 is 0 Å². The van der Waals surface area contributed by atoms with Crippen molar-refractivity contribution in [3.63, 3.8) is 0 Å². The van der Waals surface area contributed by atoms with Crippen LogP contribution in [0.2, 0.25) is 0 Å².